The van der Waals surface area contributed by atoms with Crippen LogP contribution in [0.4, 0.5) is 5.69 Å². The molecule has 0 aliphatic heterocycles. The minimum atomic E-state index is 0.730. The molecule has 0 aromatic heterocycles. The number of nitrogens with zero attached hydrogens (tertiary/aromatic N) is 1. The van der Waals surface area contributed by atoms with Crippen LogP contribution in [0.15, 0.2) is 18.2 Å². The van der Waals surface area contributed by atoms with Gasteiger partial charge in [0, 0.05) is 33.8 Å². The van der Waals surface area contributed by atoms with Crippen molar-refractivity contribution >= 4 is 17.3 Å². The van der Waals surface area contributed by atoms with E-state index in [4.69, 9.17) is 16.3 Å². The predicted molar refractivity (Wildman–Crippen MR) is 81.0 cm³/mol. The van der Waals surface area contributed by atoms with Gasteiger partial charge in [0.25, 0.3) is 0 Å². The van der Waals surface area contributed by atoms with Crippen molar-refractivity contribution in [2.24, 2.45) is 5.92 Å². The molecule has 3 nitrogen and oxygen atoms in total. The first-order valence-corrected chi connectivity index (χ1v) is 7.28. The highest BCUT2D eigenvalue weighted by Crippen LogP contribution is 2.34. The van der Waals surface area contributed by atoms with E-state index in [1.165, 1.54) is 24.1 Å². The van der Waals surface area contributed by atoms with Crippen LogP contribution in [-0.4, -0.2) is 33.9 Å². The molecule has 0 unspecified atom stereocenters. The molecule has 1 aliphatic rings. The highest BCUT2D eigenvalue weighted by atomic mass is 35.5. The van der Waals surface area contributed by atoms with Gasteiger partial charge >= 0.3 is 0 Å². The first-order chi connectivity index (χ1) is 9.22. The van der Waals surface area contributed by atoms with E-state index >= 15 is 0 Å². The zero-order chi connectivity index (χ0) is 13.7. The lowest BCUT2D eigenvalue weighted by Gasteiger charge is -2.24. The second-order valence-corrected chi connectivity index (χ2v) is 5.65. The van der Waals surface area contributed by atoms with Gasteiger partial charge in [-0.25, -0.2) is 0 Å². The topological polar surface area (TPSA) is 24.5 Å². The Balaban J connectivity index is 2.01. The number of hydrogen-bond donors (Lipinski definition) is 1. The van der Waals surface area contributed by atoms with E-state index < -0.39 is 0 Å². The summed E-state index contributed by atoms with van der Waals surface area (Å²) >= 11 is 6.37. The lowest BCUT2D eigenvalue weighted by Crippen LogP contribution is -2.24. The molecule has 0 spiro atoms. The van der Waals surface area contributed by atoms with Gasteiger partial charge in [0.1, 0.15) is 0 Å². The maximum absolute atomic E-state index is 6.37. The smallest absolute Gasteiger partial charge is 0.0642 e. The number of methoxy groups -OCH3 is 1. The SMILES string of the molecule is COCCNCc1cccc(Cl)c1N(C)CC1CC1. The molecule has 4 heteroatoms. The van der Waals surface area contributed by atoms with Crippen molar-refractivity contribution in [1.82, 2.24) is 5.32 Å². The van der Waals surface area contributed by atoms with Crippen molar-refractivity contribution in [3.05, 3.63) is 28.8 Å². The molecule has 0 amide bonds. The van der Waals surface area contributed by atoms with E-state index in [0.717, 1.165) is 37.2 Å². The van der Waals surface area contributed by atoms with Crippen LogP contribution >= 0.6 is 11.6 Å². The fourth-order valence-electron chi connectivity index (χ4n) is 2.31. The standard InChI is InChI=1S/C15H23ClN2O/c1-18(11-12-6-7-12)15-13(4-3-5-14(15)16)10-17-8-9-19-2/h3-5,12,17H,6-11H2,1-2H3. The Kier molecular flexibility index (Phi) is 5.49. The molecule has 1 N–H and O–H groups in total. The number of ether oxygens (including phenoxy) is 1. The summed E-state index contributed by atoms with van der Waals surface area (Å²) in [6.07, 6.45) is 2.71. The number of para-hydroxylation sites is 1. The fourth-order valence-corrected chi connectivity index (χ4v) is 2.64. The van der Waals surface area contributed by atoms with E-state index in [1.54, 1.807) is 7.11 Å². The van der Waals surface area contributed by atoms with Gasteiger partial charge in [0.15, 0.2) is 0 Å². The molecule has 106 valence electrons. The van der Waals surface area contributed by atoms with Gasteiger partial charge in [-0.1, -0.05) is 23.7 Å². The van der Waals surface area contributed by atoms with Crippen molar-refractivity contribution < 1.29 is 4.74 Å². The van der Waals surface area contributed by atoms with E-state index in [-0.39, 0.29) is 0 Å². The molecule has 1 aliphatic carbocycles. The van der Waals surface area contributed by atoms with Gasteiger partial charge in [-0.3, -0.25) is 0 Å². The molecule has 0 bridgehead atoms. The molecule has 19 heavy (non-hydrogen) atoms. The first-order valence-electron chi connectivity index (χ1n) is 6.90. The third-order valence-corrected chi connectivity index (χ3v) is 3.78. The summed E-state index contributed by atoms with van der Waals surface area (Å²) in [4.78, 5) is 2.30. The van der Waals surface area contributed by atoms with Crippen LogP contribution in [-0.2, 0) is 11.3 Å². The maximum Gasteiger partial charge on any atom is 0.0642 e. The van der Waals surface area contributed by atoms with E-state index in [1.807, 2.05) is 12.1 Å². The van der Waals surface area contributed by atoms with Gasteiger partial charge in [-0.15, -0.1) is 0 Å². The predicted octanol–water partition coefficient (Wildman–Crippen LogP) is 2.92. The van der Waals surface area contributed by atoms with Crippen LogP contribution in [0.1, 0.15) is 18.4 Å². The molecule has 0 heterocycles. The molecule has 2 rings (SSSR count). The molecule has 0 atom stereocenters. The normalized spacial score (nSPS) is 14.7. The zero-order valence-corrected chi connectivity index (χ0v) is 12.5. The lowest BCUT2D eigenvalue weighted by molar-refractivity contribution is 0.199. The van der Waals surface area contributed by atoms with Crippen LogP contribution in [0.25, 0.3) is 0 Å². The minimum absolute atomic E-state index is 0.730. The van der Waals surface area contributed by atoms with E-state index in [2.05, 4.69) is 23.3 Å². The summed E-state index contributed by atoms with van der Waals surface area (Å²) in [6, 6.07) is 6.13. The zero-order valence-electron chi connectivity index (χ0n) is 11.8. The number of halogens is 1. The average Bonchev–Trinajstić information content (AvgIpc) is 3.18. The van der Waals surface area contributed by atoms with Gasteiger partial charge in [0.05, 0.1) is 17.3 Å². The highest BCUT2D eigenvalue weighted by Gasteiger charge is 2.24. The Morgan fingerprint density at radius 2 is 2.21 bits per heavy atom. The average molecular weight is 283 g/mol. The highest BCUT2D eigenvalue weighted by molar-refractivity contribution is 6.33. The Bertz CT molecular complexity index is 407. The van der Waals surface area contributed by atoms with Gasteiger partial charge in [-0.05, 0) is 30.4 Å². The third kappa shape index (κ3) is 4.37. The lowest BCUT2D eigenvalue weighted by atomic mass is 10.1. The summed E-state index contributed by atoms with van der Waals surface area (Å²) in [5, 5.41) is 4.23. The second kappa shape index (κ2) is 7.13. The summed E-state index contributed by atoms with van der Waals surface area (Å²) in [5.74, 6) is 0.857. The van der Waals surface area contributed by atoms with E-state index in [9.17, 15) is 0 Å². The van der Waals surface area contributed by atoms with Crippen LogP contribution in [0, 0.1) is 5.92 Å². The quantitative estimate of drug-likeness (QED) is 0.742. The molecule has 0 saturated heterocycles. The monoisotopic (exact) mass is 282 g/mol. The number of nitrogens with one attached hydrogen (secondary N) is 1. The fraction of sp³-hybridized carbons (Fsp3) is 0.600. The molecular weight excluding hydrogens is 260 g/mol. The molecule has 0 radical (unpaired) electrons. The number of benzene rings is 1. The Hall–Kier alpha value is -0.770. The Morgan fingerprint density at radius 3 is 2.89 bits per heavy atom. The molecule has 1 aromatic rings. The van der Waals surface area contributed by atoms with Crippen LogP contribution < -0.4 is 10.2 Å². The van der Waals surface area contributed by atoms with Crippen molar-refractivity contribution in [2.75, 3.05) is 38.8 Å². The molecule has 1 saturated carbocycles. The first kappa shape index (κ1) is 14.6. The third-order valence-electron chi connectivity index (χ3n) is 3.48. The van der Waals surface area contributed by atoms with Crippen molar-refractivity contribution in [3.63, 3.8) is 0 Å². The van der Waals surface area contributed by atoms with Gasteiger partial charge in [-0.2, -0.15) is 0 Å². The van der Waals surface area contributed by atoms with Crippen molar-refractivity contribution in [1.29, 1.82) is 0 Å². The van der Waals surface area contributed by atoms with Crippen LogP contribution in [0.3, 0.4) is 0 Å². The molecular formula is C15H23ClN2O. The maximum atomic E-state index is 6.37. The van der Waals surface area contributed by atoms with Crippen LogP contribution in [0.2, 0.25) is 5.02 Å². The number of anilines is 1. The summed E-state index contributed by atoms with van der Waals surface area (Å²) in [7, 11) is 3.86. The summed E-state index contributed by atoms with van der Waals surface area (Å²) in [5.41, 5.74) is 2.42. The summed E-state index contributed by atoms with van der Waals surface area (Å²) < 4.78 is 5.04. The van der Waals surface area contributed by atoms with Gasteiger partial charge < -0.3 is 15.0 Å². The molecule has 1 fully saturated rings. The summed E-state index contributed by atoms with van der Waals surface area (Å²) in [6.45, 7) is 3.52. The second-order valence-electron chi connectivity index (χ2n) is 5.24. The van der Waals surface area contributed by atoms with Crippen LogP contribution in [0.5, 0.6) is 0 Å². The number of hydrogen-bond acceptors (Lipinski definition) is 3. The minimum Gasteiger partial charge on any atom is -0.383 e. The van der Waals surface area contributed by atoms with Crippen molar-refractivity contribution in [2.45, 2.75) is 19.4 Å². The Morgan fingerprint density at radius 1 is 1.42 bits per heavy atom. The van der Waals surface area contributed by atoms with E-state index in [0.29, 0.717) is 0 Å². The van der Waals surface area contributed by atoms with Crippen molar-refractivity contribution in [3.8, 4) is 0 Å². The largest absolute Gasteiger partial charge is 0.383 e. The molecule has 1 aromatic carbocycles. The Labute approximate surface area is 120 Å². The number of rotatable bonds is 8. The van der Waals surface area contributed by atoms with Gasteiger partial charge in [0.2, 0.25) is 0 Å².